The highest BCUT2D eigenvalue weighted by molar-refractivity contribution is 14.1. The van der Waals surface area contributed by atoms with Crippen LogP contribution in [-0.2, 0) is 6.54 Å². The molecule has 0 saturated heterocycles. The zero-order chi connectivity index (χ0) is 14.7. The van der Waals surface area contributed by atoms with E-state index in [-0.39, 0.29) is 17.5 Å². The SMILES string of the molecule is CN(Cc1cccc(F)c1)C(=O)c1ccc(I)c(O)c1. The van der Waals surface area contributed by atoms with E-state index in [0.717, 1.165) is 5.56 Å². The second-order valence-electron chi connectivity index (χ2n) is 4.46. The Kier molecular flexibility index (Phi) is 4.59. The van der Waals surface area contributed by atoms with Crippen molar-refractivity contribution >= 4 is 28.5 Å². The van der Waals surface area contributed by atoms with Crippen molar-refractivity contribution in [2.75, 3.05) is 7.05 Å². The first kappa shape index (κ1) is 14.8. The largest absolute Gasteiger partial charge is 0.507 e. The van der Waals surface area contributed by atoms with Gasteiger partial charge in [-0.2, -0.15) is 0 Å². The van der Waals surface area contributed by atoms with Crippen molar-refractivity contribution in [1.82, 2.24) is 4.90 Å². The summed E-state index contributed by atoms with van der Waals surface area (Å²) in [7, 11) is 1.64. The van der Waals surface area contributed by atoms with Gasteiger partial charge in [-0.1, -0.05) is 12.1 Å². The Labute approximate surface area is 130 Å². The summed E-state index contributed by atoms with van der Waals surface area (Å²) >= 11 is 1.99. The first-order chi connectivity index (χ1) is 9.47. The van der Waals surface area contributed by atoms with Crippen molar-refractivity contribution in [3.05, 3.63) is 63.0 Å². The molecule has 0 aliphatic heterocycles. The molecule has 0 aliphatic carbocycles. The molecule has 0 bridgehead atoms. The van der Waals surface area contributed by atoms with Gasteiger partial charge in [0, 0.05) is 19.2 Å². The van der Waals surface area contributed by atoms with Gasteiger partial charge in [0.05, 0.1) is 3.57 Å². The minimum atomic E-state index is -0.324. The topological polar surface area (TPSA) is 40.5 Å². The van der Waals surface area contributed by atoms with E-state index in [1.807, 2.05) is 22.6 Å². The van der Waals surface area contributed by atoms with Crippen molar-refractivity contribution in [3.63, 3.8) is 0 Å². The number of amides is 1. The van der Waals surface area contributed by atoms with Crippen molar-refractivity contribution in [1.29, 1.82) is 0 Å². The van der Waals surface area contributed by atoms with Gasteiger partial charge in [0.15, 0.2) is 0 Å². The van der Waals surface area contributed by atoms with Crippen molar-refractivity contribution in [3.8, 4) is 5.75 Å². The van der Waals surface area contributed by atoms with E-state index in [4.69, 9.17) is 0 Å². The first-order valence-corrected chi connectivity index (χ1v) is 7.03. The van der Waals surface area contributed by atoms with Crippen LogP contribution in [0.5, 0.6) is 5.75 Å². The van der Waals surface area contributed by atoms with Crippen LogP contribution >= 0.6 is 22.6 Å². The molecule has 20 heavy (non-hydrogen) atoms. The van der Waals surface area contributed by atoms with Crippen LogP contribution in [0.4, 0.5) is 4.39 Å². The molecule has 3 nitrogen and oxygen atoms in total. The Morgan fingerprint density at radius 3 is 2.70 bits per heavy atom. The molecule has 2 aromatic carbocycles. The van der Waals surface area contributed by atoms with E-state index >= 15 is 0 Å². The fourth-order valence-corrected chi connectivity index (χ4v) is 2.18. The molecule has 1 amide bonds. The van der Waals surface area contributed by atoms with Crippen LogP contribution in [0.15, 0.2) is 42.5 Å². The minimum absolute atomic E-state index is 0.0793. The molecule has 2 rings (SSSR count). The Bertz CT molecular complexity index is 646. The molecule has 0 fully saturated rings. The number of halogens is 2. The summed E-state index contributed by atoms with van der Waals surface area (Å²) in [5.41, 5.74) is 1.12. The summed E-state index contributed by atoms with van der Waals surface area (Å²) in [5, 5.41) is 9.63. The lowest BCUT2D eigenvalue weighted by Crippen LogP contribution is -2.26. The number of hydrogen-bond acceptors (Lipinski definition) is 2. The molecule has 1 N–H and O–H groups in total. The monoisotopic (exact) mass is 385 g/mol. The van der Waals surface area contributed by atoms with Gasteiger partial charge in [0.25, 0.3) is 5.91 Å². The Balaban J connectivity index is 2.14. The van der Waals surface area contributed by atoms with Gasteiger partial charge >= 0.3 is 0 Å². The van der Waals surface area contributed by atoms with E-state index in [2.05, 4.69) is 0 Å². The molecule has 0 atom stereocenters. The second-order valence-corrected chi connectivity index (χ2v) is 5.62. The maximum atomic E-state index is 13.1. The van der Waals surface area contributed by atoms with Gasteiger partial charge in [0.2, 0.25) is 0 Å². The molecule has 0 heterocycles. The van der Waals surface area contributed by atoms with Gasteiger partial charge in [-0.15, -0.1) is 0 Å². The lowest BCUT2D eigenvalue weighted by molar-refractivity contribution is 0.0784. The number of phenols is 1. The second kappa shape index (κ2) is 6.21. The van der Waals surface area contributed by atoms with Crippen LogP contribution in [0, 0.1) is 9.39 Å². The minimum Gasteiger partial charge on any atom is -0.507 e. The predicted octanol–water partition coefficient (Wildman–Crippen LogP) is 3.41. The summed E-state index contributed by atoms with van der Waals surface area (Å²) in [6.07, 6.45) is 0. The number of aromatic hydroxyl groups is 1. The van der Waals surface area contributed by atoms with Gasteiger partial charge in [-0.3, -0.25) is 4.79 Å². The van der Waals surface area contributed by atoms with Crippen LogP contribution in [0.3, 0.4) is 0 Å². The zero-order valence-electron chi connectivity index (χ0n) is 10.8. The number of nitrogens with zero attached hydrogens (tertiary/aromatic N) is 1. The lowest BCUT2D eigenvalue weighted by Gasteiger charge is -2.17. The number of rotatable bonds is 3. The van der Waals surface area contributed by atoms with Crippen molar-refractivity contribution in [2.24, 2.45) is 0 Å². The molecule has 5 heteroatoms. The highest BCUT2D eigenvalue weighted by atomic mass is 127. The van der Waals surface area contributed by atoms with Gasteiger partial charge in [-0.25, -0.2) is 4.39 Å². The average molecular weight is 385 g/mol. The molecule has 0 saturated carbocycles. The average Bonchev–Trinajstić information content (AvgIpc) is 2.41. The number of benzene rings is 2. The number of carbonyl (C=O) groups excluding carboxylic acids is 1. The van der Waals surface area contributed by atoms with E-state index in [0.29, 0.717) is 15.7 Å². The van der Waals surface area contributed by atoms with Crippen LogP contribution in [0.2, 0.25) is 0 Å². The van der Waals surface area contributed by atoms with Gasteiger partial charge < -0.3 is 10.0 Å². The van der Waals surface area contributed by atoms with E-state index < -0.39 is 0 Å². The zero-order valence-corrected chi connectivity index (χ0v) is 13.0. The number of carbonyl (C=O) groups is 1. The highest BCUT2D eigenvalue weighted by Gasteiger charge is 2.13. The maximum absolute atomic E-state index is 13.1. The first-order valence-electron chi connectivity index (χ1n) is 5.96. The fraction of sp³-hybridized carbons (Fsp3) is 0.133. The Morgan fingerprint density at radius 2 is 2.05 bits per heavy atom. The van der Waals surface area contributed by atoms with Gasteiger partial charge in [0.1, 0.15) is 11.6 Å². The molecule has 0 aliphatic rings. The molecule has 0 spiro atoms. The lowest BCUT2D eigenvalue weighted by atomic mass is 10.1. The predicted molar refractivity (Wildman–Crippen MR) is 83.0 cm³/mol. The van der Waals surface area contributed by atoms with E-state index in [9.17, 15) is 14.3 Å². The summed E-state index contributed by atoms with van der Waals surface area (Å²) in [6, 6.07) is 10.9. The smallest absolute Gasteiger partial charge is 0.254 e. The van der Waals surface area contributed by atoms with E-state index in [1.165, 1.54) is 23.1 Å². The summed E-state index contributed by atoms with van der Waals surface area (Å²) < 4.78 is 13.8. The highest BCUT2D eigenvalue weighted by Crippen LogP contribution is 2.21. The quantitative estimate of drug-likeness (QED) is 0.823. The third-order valence-electron chi connectivity index (χ3n) is 2.85. The van der Waals surface area contributed by atoms with Crippen LogP contribution in [0.25, 0.3) is 0 Å². The number of hydrogen-bond donors (Lipinski definition) is 1. The summed E-state index contributed by atoms with van der Waals surface area (Å²) in [5.74, 6) is -0.466. The van der Waals surface area contributed by atoms with Gasteiger partial charge in [-0.05, 0) is 58.5 Å². The molecule has 0 aromatic heterocycles. The van der Waals surface area contributed by atoms with Crippen molar-refractivity contribution < 1.29 is 14.3 Å². The molecular weight excluding hydrogens is 372 g/mol. The third kappa shape index (κ3) is 3.47. The normalized spacial score (nSPS) is 10.3. The third-order valence-corrected chi connectivity index (χ3v) is 3.76. The van der Waals surface area contributed by atoms with Crippen LogP contribution in [-0.4, -0.2) is 23.0 Å². The molecule has 0 unspecified atom stereocenters. The fourth-order valence-electron chi connectivity index (χ4n) is 1.85. The number of phenolic OH excluding ortho intramolecular Hbond substituents is 1. The maximum Gasteiger partial charge on any atom is 0.254 e. The molecule has 2 aromatic rings. The summed E-state index contributed by atoms with van der Waals surface area (Å²) in [4.78, 5) is 13.7. The van der Waals surface area contributed by atoms with Crippen molar-refractivity contribution in [2.45, 2.75) is 6.54 Å². The van der Waals surface area contributed by atoms with Crippen LogP contribution in [0.1, 0.15) is 15.9 Å². The molecular formula is C15H13FINO2. The molecule has 0 radical (unpaired) electrons. The Morgan fingerprint density at radius 1 is 1.30 bits per heavy atom. The summed E-state index contributed by atoms with van der Waals surface area (Å²) in [6.45, 7) is 0.309. The van der Waals surface area contributed by atoms with E-state index in [1.54, 1.807) is 31.3 Å². The molecule has 104 valence electrons. The Hall–Kier alpha value is -1.63. The standard InChI is InChI=1S/C15H13FINO2/c1-18(9-10-3-2-4-12(16)7-10)15(20)11-5-6-13(17)14(19)8-11/h2-8,19H,9H2,1H3. The van der Waals surface area contributed by atoms with Crippen LogP contribution < -0.4 is 0 Å².